The molecule has 66 valence electrons. The molecule has 0 fully saturated rings. The Hall–Kier alpha value is -0.613. The van der Waals surface area contributed by atoms with Crippen LogP contribution in [-0.2, 0) is 0 Å². The third kappa shape index (κ3) is 6.12. The molecule has 0 aromatic heterocycles. The Morgan fingerprint density at radius 3 is 2.08 bits per heavy atom. The highest BCUT2D eigenvalue weighted by Gasteiger charge is 1.78. The Labute approximate surface area is 80.2 Å². The van der Waals surface area contributed by atoms with Gasteiger partial charge in [0, 0.05) is 5.54 Å². The Bertz CT molecular complexity index is 214. The van der Waals surface area contributed by atoms with Crippen molar-refractivity contribution in [2.24, 2.45) is 10.8 Å². The molecule has 0 aliphatic carbocycles. The summed E-state index contributed by atoms with van der Waals surface area (Å²) >= 11 is 5.36. The average molecular weight is 201 g/mol. The van der Waals surface area contributed by atoms with E-state index in [2.05, 4.69) is 0 Å². The molecule has 12 heavy (non-hydrogen) atoms. The van der Waals surface area contributed by atoms with Crippen molar-refractivity contribution < 1.29 is 0 Å². The second-order valence-corrected chi connectivity index (χ2v) is 2.66. The van der Waals surface area contributed by atoms with Crippen molar-refractivity contribution in [1.29, 1.82) is 0 Å². The summed E-state index contributed by atoms with van der Waals surface area (Å²) in [6.07, 6.45) is 1.85. The van der Waals surface area contributed by atoms with Crippen LogP contribution in [0.5, 0.6) is 0 Å². The number of rotatable bonds is 1. The largest absolute Gasteiger partial charge is 0.344 e. The van der Waals surface area contributed by atoms with Crippen LogP contribution in [0.4, 0.5) is 0 Å². The predicted octanol–water partition coefficient (Wildman–Crippen LogP) is 0.799. The Balaban J connectivity index is 0.000000354. The van der Waals surface area contributed by atoms with E-state index in [4.69, 9.17) is 22.4 Å². The van der Waals surface area contributed by atoms with Crippen LogP contribution in [0.1, 0.15) is 5.56 Å². The number of hydrogen-bond donors (Lipinski definition) is 2. The van der Waals surface area contributed by atoms with Gasteiger partial charge in [-0.25, -0.2) is 0 Å². The third-order valence-electron chi connectivity index (χ3n) is 1.06. The minimum absolute atomic E-state index is 0.583. The van der Waals surface area contributed by atoms with Crippen LogP contribution >= 0.6 is 11.6 Å². The Morgan fingerprint density at radius 2 is 1.67 bits per heavy atom. The molecule has 1 aromatic carbocycles. The lowest BCUT2D eigenvalue weighted by Crippen LogP contribution is -2.15. The molecule has 4 heteroatoms. The Morgan fingerprint density at radius 1 is 1.17 bits per heavy atom. The fraction of sp³-hybridized carbons (Fsp3) is 0. The highest BCUT2D eigenvalue weighted by Crippen LogP contribution is 2.00. The lowest BCUT2D eigenvalue weighted by Gasteiger charge is -1.86. The molecule has 2 nitrogen and oxygen atoms in total. The van der Waals surface area contributed by atoms with Gasteiger partial charge in [-0.15, -0.1) is 0 Å². The van der Waals surface area contributed by atoms with E-state index in [0.29, 0.717) is 0 Å². The number of halogens is 1. The first-order chi connectivity index (χ1) is 5.85. The molecule has 0 saturated carbocycles. The van der Waals surface area contributed by atoms with Crippen LogP contribution in [0.15, 0.2) is 35.9 Å². The van der Waals surface area contributed by atoms with Crippen molar-refractivity contribution in [2.75, 3.05) is 0 Å². The molecule has 0 heterocycles. The molecule has 0 amide bonds. The summed E-state index contributed by atoms with van der Waals surface area (Å²) in [6.45, 7) is 0. The summed E-state index contributed by atoms with van der Waals surface area (Å²) in [5.74, 6) is 0. The van der Waals surface area contributed by atoms with Crippen LogP contribution in [0.25, 0.3) is 6.08 Å². The summed E-state index contributed by atoms with van der Waals surface area (Å²) < 4.78 is 0. The van der Waals surface area contributed by atoms with E-state index in [1.54, 1.807) is 0 Å². The smallest absolute Gasteiger partial charge is 0.162 e. The molecule has 0 aliphatic rings. The molecule has 0 atom stereocenters. The van der Waals surface area contributed by atoms with Gasteiger partial charge in [0.15, 0.2) is 9.84 Å². The van der Waals surface area contributed by atoms with Gasteiger partial charge in [0.05, 0.1) is 0 Å². The third-order valence-corrected chi connectivity index (χ3v) is 1.18. The standard InChI is InChI=1S/C8H7Cl.H6N2Si/c9-7-6-8-4-2-1-3-5-8;1-3-2/h1-7H;1-3H2. The van der Waals surface area contributed by atoms with Crippen molar-refractivity contribution in [3.05, 3.63) is 41.4 Å². The van der Waals surface area contributed by atoms with Gasteiger partial charge in [0.25, 0.3) is 0 Å². The lowest BCUT2D eigenvalue weighted by atomic mass is 10.2. The van der Waals surface area contributed by atoms with E-state index in [9.17, 15) is 0 Å². The van der Waals surface area contributed by atoms with Gasteiger partial charge in [0.1, 0.15) is 0 Å². The molecular weight excluding hydrogens is 188 g/mol. The zero-order chi connectivity index (χ0) is 9.23. The normalized spacial score (nSPS) is 9.25. The van der Waals surface area contributed by atoms with Crippen LogP contribution < -0.4 is 10.8 Å². The van der Waals surface area contributed by atoms with Gasteiger partial charge < -0.3 is 10.8 Å². The fourth-order valence-corrected chi connectivity index (χ4v) is 0.782. The average Bonchev–Trinajstić information content (AvgIpc) is 2.08. The van der Waals surface area contributed by atoms with Crippen molar-refractivity contribution in [1.82, 2.24) is 0 Å². The van der Waals surface area contributed by atoms with Gasteiger partial charge in [0.2, 0.25) is 0 Å². The summed E-state index contributed by atoms with van der Waals surface area (Å²) in [5, 5.41) is 9.53. The van der Waals surface area contributed by atoms with Gasteiger partial charge in [-0.3, -0.25) is 0 Å². The summed E-state index contributed by atoms with van der Waals surface area (Å²) in [7, 11) is -0.583. The summed E-state index contributed by atoms with van der Waals surface area (Å²) in [4.78, 5) is 0. The van der Waals surface area contributed by atoms with Crippen LogP contribution in [0.2, 0.25) is 0 Å². The predicted molar refractivity (Wildman–Crippen MR) is 58.2 cm³/mol. The van der Waals surface area contributed by atoms with E-state index in [1.807, 2.05) is 36.4 Å². The van der Waals surface area contributed by atoms with Crippen LogP contribution in [0.3, 0.4) is 0 Å². The maximum absolute atomic E-state index is 5.36. The molecular formula is C8H13ClN2Si. The SMILES string of the molecule is ClC=Cc1ccccc1.N[SiH2]N. The molecule has 0 spiro atoms. The highest BCUT2D eigenvalue weighted by molar-refractivity contribution is 6.27. The maximum Gasteiger partial charge on any atom is 0.162 e. The first-order valence-electron chi connectivity index (χ1n) is 3.57. The fourth-order valence-electron chi connectivity index (χ4n) is 0.637. The second-order valence-electron chi connectivity index (χ2n) is 1.94. The molecule has 0 aliphatic heterocycles. The van der Waals surface area contributed by atoms with Gasteiger partial charge >= 0.3 is 0 Å². The van der Waals surface area contributed by atoms with E-state index in [-0.39, 0.29) is 0 Å². The zero-order valence-electron chi connectivity index (χ0n) is 6.78. The number of nitrogens with two attached hydrogens (primary N) is 2. The van der Waals surface area contributed by atoms with Gasteiger partial charge in [-0.2, -0.15) is 0 Å². The van der Waals surface area contributed by atoms with E-state index >= 15 is 0 Å². The van der Waals surface area contributed by atoms with E-state index in [0.717, 1.165) is 5.56 Å². The molecule has 0 radical (unpaired) electrons. The van der Waals surface area contributed by atoms with Crippen LogP contribution in [-0.4, -0.2) is 9.84 Å². The first-order valence-corrected chi connectivity index (χ1v) is 5.64. The molecule has 0 bridgehead atoms. The van der Waals surface area contributed by atoms with Crippen molar-refractivity contribution >= 4 is 27.5 Å². The van der Waals surface area contributed by atoms with Crippen molar-refractivity contribution in [3.63, 3.8) is 0 Å². The Kier molecular flexibility index (Phi) is 8.05. The van der Waals surface area contributed by atoms with E-state index < -0.39 is 9.84 Å². The monoisotopic (exact) mass is 200 g/mol. The van der Waals surface area contributed by atoms with E-state index in [1.165, 1.54) is 5.54 Å². The first kappa shape index (κ1) is 11.4. The minimum Gasteiger partial charge on any atom is -0.344 e. The van der Waals surface area contributed by atoms with Crippen molar-refractivity contribution in [3.8, 4) is 0 Å². The number of benzene rings is 1. The molecule has 0 unspecified atom stereocenters. The highest BCUT2D eigenvalue weighted by atomic mass is 35.5. The van der Waals surface area contributed by atoms with Gasteiger partial charge in [-0.05, 0) is 11.6 Å². The van der Waals surface area contributed by atoms with Crippen LogP contribution in [0, 0.1) is 0 Å². The van der Waals surface area contributed by atoms with Gasteiger partial charge in [-0.1, -0.05) is 41.9 Å². The topological polar surface area (TPSA) is 52.0 Å². The van der Waals surface area contributed by atoms with Crippen molar-refractivity contribution in [2.45, 2.75) is 0 Å². The minimum atomic E-state index is -0.583. The second kappa shape index (κ2) is 8.48. The lowest BCUT2D eigenvalue weighted by molar-refractivity contribution is 1.66. The zero-order valence-corrected chi connectivity index (χ0v) is 8.95. The molecule has 1 aromatic rings. The molecule has 0 saturated heterocycles. The number of hydrogen-bond acceptors (Lipinski definition) is 2. The summed E-state index contributed by atoms with van der Waals surface area (Å²) in [5.41, 5.74) is 2.64. The quantitative estimate of drug-likeness (QED) is 0.659. The molecule has 1 rings (SSSR count). The summed E-state index contributed by atoms with van der Waals surface area (Å²) in [6, 6.07) is 9.93. The molecule has 4 N–H and O–H groups in total. The maximum atomic E-state index is 5.36.